The summed E-state index contributed by atoms with van der Waals surface area (Å²) >= 11 is 0. The Morgan fingerprint density at radius 3 is 2.69 bits per heavy atom. The van der Waals surface area contributed by atoms with Crippen LogP contribution in [0.15, 0.2) is 28.9 Å². The number of aromatic nitrogens is 1. The minimum Gasteiger partial charge on any atom is -0.356 e. The average Bonchev–Trinajstić information content (AvgIpc) is 2.66. The first-order valence-electron chi connectivity index (χ1n) is 5.13. The summed E-state index contributed by atoms with van der Waals surface area (Å²) in [6, 6.07) is 6.01. The lowest BCUT2D eigenvalue weighted by atomic mass is 10.0. The minimum atomic E-state index is -0.0313. The van der Waals surface area contributed by atoms with E-state index in [-0.39, 0.29) is 5.78 Å². The van der Waals surface area contributed by atoms with Crippen LogP contribution in [0.3, 0.4) is 0 Å². The van der Waals surface area contributed by atoms with Crippen LogP contribution in [0, 0.1) is 13.8 Å². The largest absolute Gasteiger partial charge is 0.356 e. The molecule has 0 aliphatic carbocycles. The van der Waals surface area contributed by atoms with Crippen molar-refractivity contribution in [2.24, 2.45) is 0 Å². The molecule has 0 N–H and O–H groups in total. The summed E-state index contributed by atoms with van der Waals surface area (Å²) < 4.78 is 5.16. The number of aryl methyl sites for hydroxylation is 2. The number of Topliss-reactive ketones (excluding diaryl/α,β-unsaturated/α-hetero) is 1. The number of rotatable bonds is 2. The van der Waals surface area contributed by atoms with Crippen LogP contribution in [0.5, 0.6) is 0 Å². The molecule has 0 aliphatic rings. The second-order valence-electron chi connectivity index (χ2n) is 3.94. The Morgan fingerprint density at radius 1 is 1.31 bits per heavy atom. The van der Waals surface area contributed by atoms with Crippen LogP contribution >= 0.6 is 0 Å². The quantitative estimate of drug-likeness (QED) is 0.723. The van der Waals surface area contributed by atoms with Gasteiger partial charge in [-0.05, 0) is 26.3 Å². The van der Waals surface area contributed by atoms with Gasteiger partial charge in [0.05, 0.1) is 11.8 Å². The molecule has 0 atom stereocenters. The Morgan fingerprint density at radius 2 is 2.06 bits per heavy atom. The fraction of sp³-hybridized carbons (Fsp3) is 0.231. The zero-order valence-electron chi connectivity index (χ0n) is 9.57. The van der Waals surface area contributed by atoms with Crippen LogP contribution in [0.4, 0.5) is 0 Å². The Kier molecular flexibility index (Phi) is 2.60. The first-order valence-corrected chi connectivity index (χ1v) is 5.13. The highest BCUT2D eigenvalue weighted by Crippen LogP contribution is 2.27. The van der Waals surface area contributed by atoms with Gasteiger partial charge in [0.25, 0.3) is 0 Å². The van der Waals surface area contributed by atoms with Crippen molar-refractivity contribution in [3.8, 4) is 11.3 Å². The van der Waals surface area contributed by atoms with Crippen molar-refractivity contribution in [1.29, 1.82) is 0 Å². The Labute approximate surface area is 94.1 Å². The lowest BCUT2D eigenvalue weighted by Gasteiger charge is -2.04. The summed E-state index contributed by atoms with van der Waals surface area (Å²) in [5.41, 5.74) is 3.73. The Balaban J connectivity index is 2.59. The van der Waals surface area contributed by atoms with Gasteiger partial charge >= 0.3 is 0 Å². The van der Waals surface area contributed by atoms with Gasteiger partial charge in [-0.3, -0.25) is 4.79 Å². The van der Waals surface area contributed by atoms with Gasteiger partial charge in [-0.1, -0.05) is 28.9 Å². The van der Waals surface area contributed by atoms with Crippen molar-refractivity contribution in [3.63, 3.8) is 0 Å². The molecule has 2 aromatic rings. The van der Waals surface area contributed by atoms with E-state index in [1.54, 1.807) is 0 Å². The number of ketones is 1. The number of benzene rings is 1. The molecule has 82 valence electrons. The maximum absolute atomic E-state index is 11.4. The van der Waals surface area contributed by atoms with Crippen LogP contribution in [-0.2, 0) is 0 Å². The molecule has 0 aliphatic heterocycles. The summed E-state index contributed by atoms with van der Waals surface area (Å²) in [6.45, 7) is 5.54. The zero-order valence-corrected chi connectivity index (χ0v) is 9.57. The molecule has 1 heterocycles. The molecule has 0 unspecified atom stereocenters. The van der Waals surface area contributed by atoms with E-state index in [2.05, 4.69) is 11.2 Å². The molecular formula is C13H13NO2. The smallest absolute Gasteiger partial charge is 0.177 e. The third kappa shape index (κ3) is 1.76. The molecule has 0 fully saturated rings. The maximum Gasteiger partial charge on any atom is 0.177 e. The average molecular weight is 215 g/mol. The number of hydrogen-bond acceptors (Lipinski definition) is 3. The van der Waals surface area contributed by atoms with Crippen molar-refractivity contribution in [2.45, 2.75) is 20.8 Å². The van der Waals surface area contributed by atoms with Crippen LogP contribution in [-0.4, -0.2) is 10.9 Å². The first kappa shape index (κ1) is 10.6. The lowest BCUT2D eigenvalue weighted by molar-refractivity contribution is 0.101. The van der Waals surface area contributed by atoms with E-state index in [9.17, 15) is 4.79 Å². The van der Waals surface area contributed by atoms with E-state index in [4.69, 9.17) is 4.52 Å². The third-order valence-electron chi connectivity index (χ3n) is 2.58. The Bertz CT molecular complexity index is 541. The van der Waals surface area contributed by atoms with Crippen molar-refractivity contribution in [3.05, 3.63) is 41.1 Å². The number of carbonyl (C=O) groups is 1. The maximum atomic E-state index is 11.4. The molecular weight excluding hydrogens is 202 g/mol. The van der Waals surface area contributed by atoms with Gasteiger partial charge in [-0.15, -0.1) is 0 Å². The lowest BCUT2D eigenvalue weighted by Crippen LogP contribution is -1.93. The van der Waals surface area contributed by atoms with Crippen molar-refractivity contribution >= 4 is 5.78 Å². The molecule has 0 saturated heterocycles. The summed E-state index contributed by atoms with van der Waals surface area (Å²) in [5, 5.41) is 3.69. The summed E-state index contributed by atoms with van der Waals surface area (Å²) in [7, 11) is 0. The van der Waals surface area contributed by atoms with E-state index in [1.165, 1.54) is 18.7 Å². The van der Waals surface area contributed by atoms with E-state index in [0.29, 0.717) is 11.3 Å². The molecule has 2 rings (SSSR count). The highest BCUT2D eigenvalue weighted by Gasteiger charge is 2.15. The minimum absolute atomic E-state index is 0.0313. The molecule has 0 amide bonds. The normalized spacial score (nSPS) is 10.4. The van der Waals surface area contributed by atoms with Gasteiger partial charge in [0.1, 0.15) is 0 Å². The molecule has 0 spiro atoms. The molecule has 0 bridgehead atoms. The van der Waals surface area contributed by atoms with E-state index >= 15 is 0 Å². The molecule has 3 nitrogen and oxygen atoms in total. The van der Waals surface area contributed by atoms with E-state index in [0.717, 1.165) is 11.1 Å². The van der Waals surface area contributed by atoms with Crippen molar-refractivity contribution in [1.82, 2.24) is 5.16 Å². The fourth-order valence-electron chi connectivity index (χ4n) is 1.75. The fourth-order valence-corrected chi connectivity index (χ4v) is 1.75. The highest BCUT2D eigenvalue weighted by molar-refractivity contribution is 5.99. The second kappa shape index (κ2) is 3.93. The van der Waals surface area contributed by atoms with Crippen molar-refractivity contribution < 1.29 is 9.32 Å². The van der Waals surface area contributed by atoms with Crippen LogP contribution < -0.4 is 0 Å². The molecule has 1 aromatic carbocycles. The summed E-state index contributed by atoms with van der Waals surface area (Å²) in [4.78, 5) is 11.4. The number of carbonyl (C=O) groups excluding carboxylic acids is 1. The molecule has 3 heteroatoms. The highest BCUT2D eigenvalue weighted by atomic mass is 16.5. The van der Waals surface area contributed by atoms with Crippen molar-refractivity contribution in [2.75, 3.05) is 0 Å². The van der Waals surface area contributed by atoms with Gasteiger partial charge in [0.2, 0.25) is 0 Å². The summed E-state index contributed by atoms with van der Waals surface area (Å²) in [5.74, 6) is 0.529. The van der Waals surface area contributed by atoms with Gasteiger partial charge in [0, 0.05) is 5.56 Å². The number of nitrogens with zero attached hydrogens (tertiary/aromatic N) is 1. The van der Waals surface area contributed by atoms with Gasteiger partial charge in [0.15, 0.2) is 11.5 Å². The van der Waals surface area contributed by atoms with Gasteiger partial charge < -0.3 is 4.52 Å². The summed E-state index contributed by atoms with van der Waals surface area (Å²) in [6.07, 6.45) is 1.47. The van der Waals surface area contributed by atoms with Gasteiger partial charge in [-0.25, -0.2) is 0 Å². The standard InChI is InChI=1S/C13H13NO2/c1-8-4-5-11(9(2)6-8)13-12(10(3)15)7-14-16-13/h4-7H,1-3H3. The Hall–Kier alpha value is -1.90. The molecule has 0 saturated carbocycles. The molecule has 1 aromatic heterocycles. The molecule has 16 heavy (non-hydrogen) atoms. The predicted molar refractivity (Wildman–Crippen MR) is 61.4 cm³/mol. The predicted octanol–water partition coefficient (Wildman–Crippen LogP) is 3.16. The van der Waals surface area contributed by atoms with Crippen LogP contribution in [0.25, 0.3) is 11.3 Å². The van der Waals surface area contributed by atoms with E-state index in [1.807, 2.05) is 26.0 Å². The first-order chi connectivity index (χ1) is 7.59. The number of hydrogen-bond donors (Lipinski definition) is 0. The monoisotopic (exact) mass is 215 g/mol. The second-order valence-corrected chi connectivity index (χ2v) is 3.94. The zero-order chi connectivity index (χ0) is 11.7. The van der Waals surface area contributed by atoms with E-state index < -0.39 is 0 Å². The van der Waals surface area contributed by atoms with Gasteiger partial charge in [-0.2, -0.15) is 0 Å². The molecule has 0 radical (unpaired) electrons. The van der Waals surface area contributed by atoms with Crippen LogP contribution in [0.1, 0.15) is 28.4 Å². The SMILES string of the molecule is CC(=O)c1cnoc1-c1ccc(C)cc1C. The topological polar surface area (TPSA) is 43.1 Å². The third-order valence-corrected chi connectivity index (χ3v) is 2.58. The van der Waals surface area contributed by atoms with Crippen LogP contribution in [0.2, 0.25) is 0 Å².